The van der Waals surface area contributed by atoms with E-state index in [1.807, 2.05) is 11.4 Å². The first kappa shape index (κ1) is 18.9. The van der Waals surface area contributed by atoms with Gasteiger partial charge in [0.1, 0.15) is 0 Å². The molecule has 5 nitrogen and oxygen atoms in total. The summed E-state index contributed by atoms with van der Waals surface area (Å²) in [5, 5.41) is 7.69. The molecule has 4 N–H and O–H groups in total. The van der Waals surface area contributed by atoms with Crippen LogP contribution in [0.2, 0.25) is 0 Å². The van der Waals surface area contributed by atoms with Gasteiger partial charge in [0, 0.05) is 17.4 Å². The number of hydrogen-bond acceptors (Lipinski definition) is 4. The maximum atomic E-state index is 12.6. The van der Waals surface area contributed by atoms with Gasteiger partial charge < -0.3 is 16.4 Å². The largest absolute Gasteiger partial charge is 0.327 e. The van der Waals surface area contributed by atoms with Gasteiger partial charge in [-0.25, -0.2) is 0 Å². The Kier molecular flexibility index (Phi) is 5.65. The molecule has 2 amide bonds. The zero-order valence-corrected chi connectivity index (χ0v) is 15.8. The van der Waals surface area contributed by atoms with E-state index in [2.05, 4.69) is 10.6 Å². The van der Waals surface area contributed by atoms with Crippen molar-refractivity contribution in [2.75, 3.05) is 10.6 Å². The van der Waals surface area contributed by atoms with E-state index < -0.39 is 0 Å². The lowest BCUT2D eigenvalue weighted by Gasteiger charge is -2.27. The molecule has 4 atom stereocenters. The van der Waals surface area contributed by atoms with Gasteiger partial charge in [-0.05, 0) is 66.8 Å². The molecule has 1 aromatic heterocycles. The number of anilines is 2. The lowest BCUT2D eigenvalue weighted by atomic mass is 9.84. The molecular weight excluding hydrogens is 370 g/mol. The summed E-state index contributed by atoms with van der Waals surface area (Å²) in [5.41, 5.74) is 7.67. The number of amides is 2. The van der Waals surface area contributed by atoms with Crippen LogP contribution >= 0.6 is 23.7 Å². The summed E-state index contributed by atoms with van der Waals surface area (Å²) in [6, 6.07) is 10.8. The number of nitrogens with one attached hydrogen (secondary N) is 2. The highest BCUT2D eigenvalue weighted by Crippen LogP contribution is 2.47. The highest BCUT2D eigenvalue weighted by atomic mass is 35.5. The monoisotopic (exact) mass is 391 g/mol. The minimum absolute atomic E-state index is 0. The van der Waals surface area contributed by atoms with E-state index in [-0.39, 0.29) is 36.2 Å². The Balaban J connectivity index is 0.00000196. The smallest absolute Gasteiger partial charge is 0.265 e. The molecule has 2 aliphatic rings. The standard InChI is InChI=1S/C19H21N3O2S.ClH/c20-17-12-4-3-11(10-12)16(17)19(24)22-14-7-5-13(6-8-14)21-18(23)15-2-1-9-25-15;/h1-2,5-9,11-12,16-17H,3-4,10,20H2,(H,21,23)(H,22,24);1H. The van der Waals surface area contributed by atoms with E-state index in [1.54, 1.807) is 30.3 Å². The average Bonchev–Trinajstić information content (AvgIpc) is 3.33. The van der Waals surface area contributed by atoms with Crippen molar-refractivity contribution >= 4 is 46.9 Å². The molecule has 0 spiro atoms. The molecule has 4 rings (SSSR count). The SMILES string of the molecule is Cl.NC1C2CCC(C2)C1C(=O)Nc1ccc(NC(=O)c2cccs2)cc1. The molecule has 1 aromatic carbocycles. The Hall–Kier alpha value is -1.89. The second-order valence-electron chi connectivity index (χ2n) is 6.93. The van der Waals surface area contributed by atoms with Gasteiger partial charge in [-0.3, -0.25) is 9.59 Å². The summed E-state index contributed by atoms with van der Waals surface area (Å²) in [6.45, 7) is 0. The summed E-state index contributed by atoms with van der Waals surface area (Å²) in [5.74, 6) is 0.770. The van der Waals surface area contributed by atoms with Crippen molar-refractivity contribution in [3.63, 3.8) is 0 Å². The van der Waals surface area contributed by atoms with Crippen LogP contribution in [-0.4, -0.2) is 17.9 Å². The van der Waals surface area contributed by atoms with Crippen molar-refractivity contribution in [3.8, 4) is 0 Å². The number of nitrogens with two attached hydrogens (primary N) is 1. The Bertz CT molecular complexity index is 777. The zero-order valence-electron chi connectivity index (χ0n) is 14.2. The van der Waals surface area contributed by atoms with Gasteiger partial charge in [0.25, 0.3) is 5.91 Å². The number of fused-ring (bicyclic) bond motifs is 2. The number of thiophene rings is 1. The number of halogens is 1. The molecule has 2 aliphatic carbocycles. The summed E-state index contributed by atoms with van der Waals surface area (Å²) < 4.78 is 0. The van der Waals surface area contributed by atoms with Gasteiger partial charge in [0.15, 0.2) is 0 Å². The van der Waals surface area contributed by atoms with E-state index in [0.29, 0.717) is 22.4 Å². The predicted octanol–water partition coefficient (Wildman–Crippen LogP) is 3.73. The van der Waals surface area contributed by atoms with E-state index in [4.69, 9.17) is 5.73 Å². The van der Waals surface area contributed by atoms with Crippen LogP contribution < -0.4 is 16.4 Å². The van der Waals surface area contributed by atoms with Crippen LogP contribution in [0.3, 0.4) is 0 Å². The molecule has 26 heavy (non-hydrogen) atoms. The highest BCUT2D eigenvalue weighted by Gasteiger charge is 2.49. The van der Waals surface area contributed by atoms with Crippen molar-refractivity contribution in [2.24, 2.45) is 23.5 Å². The number of benzene rings is 1. The highest BCUT2D eigenvalue weighted by molar-refractivity contribution is 7.12. The summed E-state index contributed by atoms with van der Waals surface area (Å²) >= 11 is 1.40. The molecule has 0 aliphatic heterocycles. The number of rotatable bonds is 4. The first-order valence-electron chi connectivity index (χ1n) is 8.63. The Labute approximate surface area is 162 Å². The first-order chi connectivity index (χ1) is 12.1. The second kappa shape index (κ2) is 7.78. The van der Waals surface area contributed by atoms with Gasteiger partial charge >= 0.3 is 0 Å². The Morgan fingerprint density at radius 1 is 1.00 bits per heavy atom. The van der Waals surface area contributed by atoms with Crippen molar-refractivity contribution in [3.05, 3.63) is 46.7 Å². The third-order valence-electron chi connectivity index (χ3n) is 5.44. The third-order valence-corrected chi connectivity index (χ3v) is 6.31. The van der Waals surface area contributed by atoms with Crippen LogP contribution in [0.1, 0.15) is 28.9 Å². The molecular formula is C19H22ClN3O2S. The van der Waals surface area contributed by atoms with E-state index in [9.17, 15) is 9.59 Å². The normalized spacial score (nSPS) is 26.2. The van der Waals surface area contributed by atoms with E-state index >= 15 is 0 Å². The zero-order chi connectivity index (χ0) is 17.4. The van der Waals surface area contributed by atoms with Crippen molar-refractivity contribution < 1.29 is 9.59 Å². The van der Waals surface area contributed by atoms with Gasteiger partial charge in [0.2, 0.25) is 5.91 Å². The third kappa shape index (κ3) is 3.63. The average molecular weight is 392 g/mol. The van der Waals surface area contributed by atoms with E-state index in [1.165, 1.54) is 11.3 Å². The molecule has 2 bridgehead atoms. The summed E-state index contributed by atoms with van der Waals surface area (Å²) in [6.07, 6.45) is 3.37. The maximum absolute atomic E-state index is 12.6. The van der Waals surface area contributed by atoms with Crippen LogP contribution in [0.25, 0.3) is 0 Å². The fraction of sp³-hybridized carbons (Fsp3) is 0.368. The minimum atomic E-state index is -0.125. The van der Waals surface area contributed by atoms with Crippen molar-refractivity contribution in [1.29, 1.82) is 0 Å². The molecule has 1 heterocycles. The molecule has 2 saturated carbocycles. The van der Waals surface area contributed by atoms with Crippen LogP contribution in [-0.2, 0) is 4.79 Å². The van der Waals surface area contributed by atoms with Gasteiger partial charge in [-0.15, -0.1) is 23.7 Å². The van der Waals surface area contributed by atoms with Crippen molar-refractivity contribution in [2.45, 2.75) is 25.3 Å². The number of hydrogen-bond donors (Lipinski definition) is 3. The molecule has 7 heteroatoms. The second-order valence-corrected chi connectivity index (χ2v) is 7.88. The molecule has 4 unspecified atom stereocenters. The van der Waals surface area contributed by atoms with E-state index in [0.717, 1.165) is 24.9 Å². The Morgan fingerprint density at radius 2 is 1.65 bits per heavy atom. The van der Waals surface area contributed by atoms with Gasteiger partial charge in [0.05, 0.1) is 10.8 Å². The molecule has 2 fully saturated rings. The fourth-order valence-electron chi connectivity index (χ4n) is 4.19. The molecule has 138 valence electrons. The fourth-order valence-corrected chi connectivity index (χ4v) is 4.81. The number of carbonyl (C=O) groups excluding carboxylic acids is 2. The lowest BCUT2D eigenvalue weighted by molar-refractivity contribution is -0.121. The maximum Gasteiger partial charge on any atom is 0.265 e. The molecule has 0 radical (unpaired) electrons. The quantitative estimate of drug-likeness (QED) is 0.742. The molecule has 2 aromatic rings. The Morgan fingerprint density at radius 3 is 2.23 bits per heavy atom. The first-order valence-corrected chi connectivity index (χ1v) is 9.51. The lowest BCUT2D eigenvalue weighted by Crippen LogP contribution is -2.42. The van der Waals surface area contributed by atoms with Crippen LogP contribution in [0.5, 0.6) is 0 Å². The summed E-state index contributed by atoms with van der Waals surface area (Å²) in [7, 11) is 0. The van der Waals surface area contributed by atoms with Crippen LogP contribution in [0, 0.1) is 17.8 Å². The van der Waals surface area contributed by atoms with Crippen molar-refractivity contribution in [1.82, 2.24) is 0 Å². The van der Waals surface area contributed by atoms with Crippen LogP contribution in [0.15, 0.2) is 41.8 Å². The van der Waals surface area contributed by atoms with Gasteiger partial charge in [-0.2, -0.15) is 0 Å². The van der Waals surface area contributed by atoms with Crippen LogP contribution in [0.4, 0.5) is 11.4 Å². The van der Waals surface area contributed by atoms with Gasteiger partial charge in [-0.1, -0.05) is 6.07 Å². The minimum Gasteiger partial charge on any atom is -0.327 e. The number of carbonyl (C=O) groups is 2. The summed E-state index contributed by atoms with van der Waals surface area (Å²) in [4.78, 5) is 25.3. The topological polar surface area (TPSA) is 84.2 Å². The predicted molar refractivity (Wildman–Crippen MR) is 107 cm³/mol. The molecule has 0 saturated heterocycles.